The number of hydrogen-bond donors (Lipinski definition) is 2. The number of hydrazine groups is 1. The van der Waals surface area contributed by atoms with Crippen LogP contribution in [-0.4, -0.2) is 47.4 Å². The number of aliphatic hydroxyl groups excluding tert-OH is 1. The van der Waals surface area contributed by atoms with Crippen molar-refractivity contribution in [2.24, 2.45) is 0 Å². The first kappa shape index (κ1) is 7.96. The molecular formula is C5H9N3O3. The number of hydrogen-bond acceptors (Lipinski definition) is 4. The standard InChI is InChI=1S/C5H9N3O3/c1-7-4(10)3(9)6-5(11)8(7)2/h4,10H,1-2H3,(H,6,9,11). The van der Waals surface area contributed by atoms with Gasteiger partial charge in [-0.2, -0.15) is 5.01 Å². The molecule has 11 heavy (non-hydrogen) atoms. The molecule has 1 aliphatic rings. The summed E-state index contributed by atoms with van der Waals surface area (Å²) in [5.74, 6) is -0.699. The fraction of sp³-hybridized carbons (Fsp3) is 0.600. The topological polar surface area (TPSA) is 72.9 Å². The molecule has 0 bridgehead atoms. The summed E-state index contributed by atoms with van der Waals surface area (Å²) >= 11 is 0. The third kappa shape index (κ3) is 1.17. The van der Waals surface area contributed by atoms with Gasteiger partial charge in [-0.25, -0.2) is 4.79 Å². The van der Waals surface area contributed by atoms with Gasteiger partial charge in [-0.3, -0.25) is 15.1 Å². The van der Waals surface area contributed by atoms with E-state index < -0.39 is 18.2 Å². The lowest BCUT2D eigenvalue weighted by Gasteiger charge is -2.35. The SMILES string of the molecule is CN1C(=O)NC(=O)C(O)N1C. The Morgan fingerprint density at radius 2 is 2.00 bits per heavy atom. The summed E-state index contributed by atoms with van der Waals surface area (Å²) < 4.78 is 0. The smallest absolute Gasteiger partial charge is 0.338 e. The van der Waals surface area contributed by atoms with Crippen LogP contribution >= 0.6 is 0 Å². The van der Waals surface area contributed by atoms with Crippen LogP contribution in [0.4, 0.5) is 4.79 Å². The minimum atomic E-state index is -1.28. The molecule has 0 spiro atoms. The molecule has 0 radical (unpaired) electrons. The Balaban J connectivity index is 2.78. The van der Waals surface area contributed by atoms with Crippen LogP contribution in [0, 0.1) is 0 Å². The van der Waals surface area contributed by atoms with Crippen molar-refractivity contribution in [1.29, 1.82) is 0 Å². The zero-order chi connectivity index (χ0) is 8.59. The second-order valence-corrected chi connectivity index (χ2v) is 2.27. The van der Waals surface area contributed by atoms with E-state index in [0.717, 1.165) is 10.0 Å². The first-order valence-electron chi connectivity index (χ1n) is 3.03. The van der Waals surface area contributed by atoms with Crippen molar-refractivity contribution < 1.29 is 14.7 Å². The summed E-state index contributed by atoms with van der Waals surface area (Å²) in [5, 5.41) is 13.3. The van der Waals surface area contributed by atoms with Gasteiger partial charge in [0.1, 0.15) is 0 Å². The van der Waals surface area contributed by atoms with E-state index in [0.29, 0.717) is 0 Å². The molecule has 6 nitrogen and oxygen atoms in total. The van der Waals surface area contributed by atoms with Crippen molar-refractivity contribution in [2.75, 3.05) is 14.1 Å². The fourth-order valence-corrected chi connectivity index (χ4v) is 0.728. The van der Waals surface area contributed by atoms with Gasteiger partial charge in [0.15, 0.2) is 0 Å². The normalized spacial score (nSPS) is 27.2. The number of amides is 3. The highest BCUT2D eigenvalue weighted by Crippen LogP contribution is 2.02. The number of rotatable bonds is 0. The third-order valence-corrected chi connectivity index (χ3v) is 1.59. The molecule has 3 amide bonds. The van der Waals surface area contributed by atoms with E-state index in [-0.39, 0.29) is 0 Å². The first-order valence-corrected chi connectivity index (χ1v) is 3.03. The highest BCUT2D eigenvalue weighted by molar-refractivity contribution is 5.97. The Kier molecular flexibility index (Phi) is 1.79. The molecule has 0 aromatic heterocycles. The van der Waals surface area contributed by atoms with E-state index in [4.69, 9.17) is 5.11 Å². The van der Waals surface area contributed by atoms with Crippen LogP contribution in [0.25, 0.3) is 0 Å². The van der Waals surface area contributed by atoms with E-state index in [1.54, 1.807) is 0 Å². The molecule has 1 heterocycles. The summed E-state index contributed by atoms with van der Waals surface area (Å²) in [6.45, 7) is 0. The summed E-state index contributed by atoms with van der Waals surface area (Å²) in [4.78, 5) is 21.5. The number of carbonyl (C=O) groups excluding carboxylic acids is 2. The Bertz CT molecular complexity index is 185. The number of nitrogens with zero attached hydrogens (tertiary/aromatic N) is 2. The zero-order valence-electron chi connectivity index (χ0n) is 6.24. The molecule has 1 aliphatic heterocycles. The van der Waals surface area contributed by atoms with Gasteiger partial charge in [0.25, 0.3) is 5.91 Å². The maximum absolute atomic E-state index is 10.8. The van der Waals surface area contributed by atoms with E-state index in [2.05, 4.69) is 0 Å². The van der Waals surface area contributed by atoms with Crippen molar-refractivity contribution in [3.63, 3.8) is 0 Å². The molecule has 1 fully saturated rings. The van der Waals surface area contributed by atoms with Gasteiger partial charge in [0.05, 0.1) is 0 Å². The Morgan fingerprint density at radius 3 is 2.55 bits per heavy atom. The molecule has 6 heteroatoms. The monoisotopic (exact) mass is 159 g/mol. The fourth-order valence-electron chi connectivity index (χ4n) is 0.728. The highest BCUT2D eigenvalue weighted by Gasteiger charge is 2.33. The molecule has 0 aliphatic carbocycles. The second-order valence-electron chi connectivity index (χ2n) is 2.27. The predicted octanol–water partition coefficient (Wildman–Crippen LogP) is -1.67. The lowest BCUT2D eigenvalue weighted by molar-refractivity contribution is -0.156. The average Bonchev–Trinajstić information content (AvgIpc) is 1.97. The van der Waals surface area contributed by atoms with Crippen molar-refractivity contribution >= 4 is 11.9 Å². The van der Waals surface area contributed by atoms with Crippen molar-refractivity contribution in [2.45, 2.75) is 6.23 Å². The molecule has 2 N–H and O–H groups in total. The average molecular weight is 159 g/mol. The highest BCUT2D eigenvalue weighted by atomic mass is 16.3. The van der Waals surface area contributed by atoms with E-state index >= 15 is 0 Å². The number of urea groups is 1. The number of carbonyl (C=O) groups is 2. The van der Waals surface area contributed by atoms with Crippen LogP contribution in [0.15, 0.2) is 0 Å². The Labute approximate surface area is 63.4 Å². The third-order valence-electron chi connectivity index (χ3n) is 1.59. The van der Waals surface area contributed by atoms with Gasteiger partial charge >= 0.3 is 6.03 Å². The van der Waals surface area contributed by atoms with Crippen molar-refractivity contribution in [1.82, 2.24) is 15.3 Å². The summed E-state index contributed by atoms with van der Waals surface area (Å²) in [7, 11) is 2.90. The van der Waals surface area contributed by atoms with Crippen LogP contribution in [0.5, 0.6) is 0 Å². The maximum Gasteiger partial charge on any atom is 0.338 e. The molecule has 0 aromatic carbocycles. The number of aliphatic hydroxyl groups is 1. The second kappa shape index (κ2) is 2.48. The van der Waals surface area contributed by atoms with Crippen LogP contribution in [0.2, 0.25) is 0 Å². The molecule has 1 saturated heterocycles. The van der Waals surface area contributed by atoms with Crippen LogP contribution in [0.1, 0.15) is 0 Å². The van der Waals surface area contributed by atoms with Gasteiger partial charge < -0.3 is 5.11 Å². The summed E-state index contributed by atoms with van der Waals surface area (Å²) in [6.07, 6.45) is -1.28. The van der Waals surface area contributed by atoms with Crippen LogP contribution < -0.4 is 5.32 Å². The molecule has 62 valence electrons. The van der Waals surface area contributed by atoms with E-state index in [9.17, 15) is 9.59 Å². The van der Waals surface area contributed by atoms with Gasteiger partial charge in [-0.05, 0) is 0 Å². The van der Waals surface area contributed by atoms with E-state index in [1.807, 2.05) is 5.32 Å². The van der Waals surface area contributed by atoms with Crippen molar-refractivity contribution in [3.8, 4) is 0 Å². The number of imide groups is 1. The van der Waals surface area contributed by atoms with Crippen LogP contribution in [-0.2, 0) is 4.79 Å². The van der Waals surface area contributed by atoms with Gasteiger partial charge in [-0.15, -0.1) is 0 Å². The number of nitrogens with one attached hydrogen (secondary N) is 1. The summed E-state index contributed by atoms with van der Waals surface area (Å²) in [5.41, 5.74) is 0. The molecule has 0 aromatic rings. The minimum Gasteiger partial charge on any atom is -0.368 e. The Hall–Kier alpha value is -1.14. The van der Waals surface area contributed by atoms with Crippen LogP contribution in [0.3, 0.4) is 0 Å². The molecule has 1 atom stereocenters. The molecule has 1 rings (SSSR count). The molecule has 1 unspecified atom stereocenters. The molecular weight excluding hydrogens is 150 g/mol. The predicted molar refractivity (Wildman–Crippen MR) is 35.1 cm³/mol. The maximum atomic E-state index is 10.8. The lowest BCUT2D eigenvalue weighted by atomic mass is 10.4. The minimum absolute atomic E-state index is 0.539. The van der Waals surface area contributed by atoms with Gasteiger partial charge in [0, 0.05) is 14.1 Å². The Morgan fingerprint density at radius 1 is 1.45 bits per heavy atom. The first-order chi connectivity index (χ1) is 5.04. The van der Waals surface area contributed by atoms with Crippen molar-refractivity contribution in [3.05, 3.63) is 0 Å². The van der Waals surface area contributed by atoms with Gasteiger partial charge in [0.2, 0.25) is 6.23 Å². The zero-order valence-corrected chi connectivity index (χ0v) is 6.24. The van der Waals surface area contributed by atoms with Gasteiger partial charge in [-0.1, -0.05) is 0 Å². The number of likely N-dealkylation sites (N-methyl/N-ethyl adjacent to an activating group) is 1. The lowest BCUT2D eigenvalue weighted by Crippen LogP contribution is -2.63. The quantitative estimate of drug-likeness (QED) is 0.443. The van der Waals surface area contributed by atoms with E-state index in [1.165, 1.54) is 14.1 Å². The summed E-state index contributed by atoms with van der Waals surface area (Å²) in [6, 6.07) is -0.539. The largest absolute Gasteiger partial charge is 0.368 e. The molecule has 0 saturated carbocycles.